The molecule has 1 unspecified atom stereocenters. The van der Waals surface area contributed by atoms with Crippen molar-refractivity contribution in [2.24, 2.45) is 0 Å². The van der Waals surface area contributed by atoms with Gasteiger partial charge in [0.15, 0.2) is 17.5 Å². The van der Waals surface area contributed by atoms with Crippen LogP contribution < -0.4 is 0 Å². The molecule has 4 heteroatoms. The highest BCUT2D eigenvalue weighted by Gasteiger charge is 2.30. The Morgan fingerprint density at radius 3 is 1.59 bits per heavy atom. The third kappa shape index (κ3) is 5.81. The number of para-hydroxylation sites is 1. The van der Waals surface area contributed by atoms with Gasteiger partial charge in [-0.05, 0) is 119 Å². The van der Waals surface area contributed by atoms with Crippen LogP contribution in [0.2, 0.25) is 0 Å². The van der Waals surface area contributed by atoms with E-state index in [1.165, 1.54) is 65.3 Å². The van der Waals surface area contributed by atoms with Crippen molar-refractivity contribution in [3.8, 4) is 45.3 Å². The van der Waals surface area contributed by atoms with Crippen molar-refractivity contribution in [2.75, 3.05) is 0 Å². The maximum absolute atomic E-state index is 6.99. The molecule has 1 aliphatic carbocycles. The van der Waals surface area contributed by atoms with Gasteiger partial charge in [-0.2, -0.15) is 0 Å². The maximum Gasteiger partial charge on any atom is 0.168 e. The van der Waals surface area contributed by atoms with E-state index >= 15 is 0 Å². The van der Waals surface area contributed by atoms with E-state index in [2.05, 4.69) is 200 Å². The van der Waals surface area contributed by atoms with Gasteiger partial charge in [0.25, 0.3) is 0 Å². The van der Waals surface area contributed by atoms with Gasteiger partial charge in [0.2, 0.25) is 0 Å². The Morgan fingerprint density at radius 2 is 0.894 bits per heavy atom. The zero-order valence-electron chi connectivity index (χ0n) is 35.9. The molecule has 13 aromatic rings. The molecule has 1 atom stereocenters. The highest BCUT2D eigenvalue weighted by Crippen LogP contribution is 2.48. The van der Waals surface area contributed by atoms with Gasteiger partial charge in [0.05, 0.1) is 5.56 Å². The lowest BCUT2D eigenvalue weighted by molar-refractivity contribution is 0.666. The van der Waals surface area contributed by atoms with Crippen molar-refractivity contribution in [1.82, 2.24) is 15.0 Å². The fraction of sp³-hybridized carbons (Fsp3) is 0.0484. The summed E-state index contributed by atoms with van der Waals surface area (Å²) in [4.78, 5) is 16.4. The van der Waals surface area contributed by atoms with Gasteiger partial charge in [-0.3, -0.25) is 0 Å². The maximum atomic E-state index is 6.99. The molecule has 0 saturated heterocycles. The molecule has 4 nitrogen and oxygen atoms in total. The Kier molecular flexibility index (Phi) is 8.14. The van der Waals surface area contributed by atoms with Gasteiger partial charge in [-0.1, -0.05) is 182 Å². The first-order valence-electron chi connectivity index (χ1n) is 22.8. The van der Waals surface area contributed by atoms with E-state index in [9.17, 15) is 0 Å². The van der Waals surface area contributed by atoms with Crippen LogP contribution >= 0.6 is 0 Å². The van der Waals surface area contributed by atoms with Crippen LogP contribution in [0.3, 0.4) is 0 Å². The highest BCUT2D eigenvalue weighted by molar-refractivity contribution is 6.11. The summed E-state index contributed by atoms with van der Waals surface area (Å²) in [7, 11) is 0. The average Bonchev–Trinajstić information content (AvgIpc) is 3.68. The summed E-state index contributed by atoms with van der Waals surface area (Å²) in [5.41, 5.74) is 10.8. The van der Waals surface area contributed by atoms with Crippen molar-refractivity contribution in [3.05, 3.63) is 223 Å². The summed E-state index contributed by atoms with van der Waals surface area (Å²) in [6.45, 7) is 0. The number of aromatic nitrogens is 3. The molecule has 66 heavy (non-hydrogen) atoms. The summed E-state index contributed by atoms with van der Waals surface area (Å²) in [5.74, 6) is 1.85. The van der Waals surface area contributed by atoms with Gasteiger partial charge in [-0.25, -0.2) is 15.0 Å². The molecular weight excluding hydrogens is 803 g/mol. The van der Waals surface area contributed by atoms with Gasteiger partial charge < -0.3 is 4.42 Å². The van der Waals surface area contributed by atoms with Crippen molar-refractivity contribution in [1.29, 1.82) is 0 Å². The fourth-order valence-electron chi connectivity index (χ4n) is 10.9. The lowest BCUT2D eigenvalue weighted by atomic mass is 9.82. The van der Waals surface area contributed by atoms with Crippen molar-refractivity contribution in [3.63, 3.8) is 0 Å². The summed E-state index contributed by atoms with van der Waals surface area (Å²) in [6, 6.07) is 74.5. The monoisotopic (exact) mass is 841 g/mol. The summed E-state index contributed by atoms with van der Waals surface area (Å²) < 4.78 is 6.99. The van der Waals surface area contributed by atoms with Crippen LogP contribution in [0, 0.1) is 0 Å². The molecule has 0 N–H and O–H groups in total. The first-order valence-corrected chi connectivity index (χ1v) is 22.8. The molecule has 308 valence electrons. The van der Waals surface area contributed by atoms with Crippen LogP contribution in [0.1, 0.15) is 29.0 Å². The molecule has 11 aromatic carbocycles. The molecule has 0 amide bonds. The predicted octanol–water partition coefficient (Wildman–Crippen LogP) is 16.3. The molecule has 14 rings (SSSR count). The third-order valence-electron chi connectivity index (χ3n) is 14.1. The van der Waals surface area contributed by atoms with E-state index in [4.69, 9.17) is 19.4 Å². The molecule has 1 aliphatic rings. The minimum Gasteiger partial charge on any atom is -0.455 e. The summed E-state index contributed by atoms with van der Waals surface area (Å²) in [5, 5.41) is 14.2. The largest absolute Gasteiger partial charge is 0.455 e. The second kappa shape index (κ2) is 14.5. The molecule has 2 aromatic heterocycles. The Balaban J connectivity index is 1.03. The second-order valence-corrected chi connectivity index (χ2v) is 17.8. The van der Waals surface area contributed by atoms with E-state index < -0.39 is 0 Å². The van der Waals surface area contributed by atoms with Crippen molar-refractivity contribution < 1.29 is 4.42 Å². The van der Waals surface area contributed by atoms with Crippen molar-refractivity contribution in [2.45, 2.75) is 18.8 Å². The van der Waals surface area contributed by atoms with Crippen LogP contribution in [-0.4, -0.2) is 15.0 Å². The predicted molar refractivity (Wildman–Crippen MR) is 273 cm³/mol. The number of fused-ring (bicyclic) bond motifs is 13. The number of aryl methyl sites for hydroxylation is 1. The van der Waals surface area contributed by atoms with Gasteiger partial charge in [-0.15, -0.1) is 0 Å². The van der Waals surface area contributed by atoms with E-state index in [1.807, 2.05) is 6.07 Å². The second-order valence-electron chi connectivity index (χ2n) is 17.8. The Morgan fingerprint density at radius 1 is 0.364 bits per heavy atom. The van der Waals surface area contributed by atoms with Gasteiger partial charge >= 0.3 is 0 Å². The SMILES string of the molecule is c1ccc2c(c1)-c1cc3ccccc3cc1CCC2c1ccc2c(oc3ccccc32)c1-c1nc(-c2ccc3c(ccc4ccccc43)c2)nc(-c2ccc3c(ccc4ccccc43)c2)n1. The number of hydrogen-bond donors (Lipinski definition) is 0. The molecule has 0 spiro atoms. The zero-order valence-corrected chi connectivity index (χ0v) is 35.9. The number of hydrogen-bond acceptors (Lipinski definition) is 4. The molecule has 0 aliphatic heterocycles. The smallest absolute Gasteiger partial charge is 0.168 e. The molecule has 0 radical (unpaired) electrons. The molecule has 2 heterocycles. The first-order chi connectivity index (χ1) is 32.7. The van der Waals surface area contributed by atoms with E-state index in [-0.39, 0.29) is 5.92 Å². The standard InChI is InChI=1S/C62H39N3O/c1-2-14-40-36-56-43(33-39(40)13-1)25-30-52(50-17-7-8-18-51(50)56)54-31-32-55-53-19-9-10-20-57(53)66-59(55)58(54)62-64-60(44-26-28-48-41(34-44)23-21-37-11-3-5-15-46(37)48)63-61(65-62)45-27-29-49-42(35-45)24-22-38-12-4-6-16-47(38)49/h1-24,26-29,31-36,52H,25,30H2. The van der Waals surface area contributed by atoms with Gasteiger partial charge in [0.1, 0.15) is 11.2 Å². The highest BCUT2D eigenvalue weighted by atomic mass is 16.3. The van der Waals surface area contributed by atoms with Crippen LogP contribution in [0.15, 0.2) is 211 Å². The third-order valence-corrected chi connectivity index (χ3v) is 14.1. The van der Waals surface area contributed by atoms with Crippen LogP contribution in [0.5, 0.6) is 0 Å². The Bertz CT molecular complexity index is 4010. The van der Waals surface area contributed by atoms with Crippen LogP contribution in [0.4, 0.5) is 0 Å². The number of nitrogens with zero attached hydrogens (tertiary/aromatic N) is 3. The Hall–Kier alpha value is -8.47. The average molecular weight is 842 g/mol. The number of rotatable bonds is 4. The molecule has 0 saturated carbocycles. The minimum atomic E-state index is 0.0240. The normalized spacial score (nSPS) is 13.8. The molecule has 0 fully saturated rings. The number of furan rings is 1. The number of benzene rings is 11. The van der Waals surface area contributed by atoms with Gasteiger partial charge in [0, 0.05) is 27.8 Å². The first kappa shape index (κ1) is 37.0. The van der Waals surface area contributed by atoms with Crippen molar-refractivity contribution >= 4 is 75.8 Å². The van der Waals surface area contributed by atoms with E-state index in [1.54, 1.807) is 0 Å². The fourth-order valence-corrected chi connectivity index (χ4v) is 10.9. The topological polar surface area (TPSA) is 51.8 Å². The van der Waals surface area contributed by atoms with E-state index in [0.717, 1.165) is 67.8 Å². The molecule has 0 bridgehead atoms. The quantitative estimate of drug-likeness (QED) is 0.166. The van der Waals surface area contributed by atoms with E-state index in [0.29, 0.717) is 17.5 Å². The zero-order chi connectivity index (χ0) is 43.3. The summed E-state index contributed by atoms with van der Waals surface area (Å²) >= 11 is 0. The summed E-state index contributed by atoms with van der Waals surface area (Å²) in [6.07, 6.45) is 1.82. The van der Waals surface area contributed by atoms with Crippen LogP contribution in [0.25, 0.3) is 121 Å². The molecular formula is C62H39N3O. The Labute approximate surface area is 380 Å². The van der Waals surface area contributed by atoms with Crippen LogP contribution in [-0.2, 0) is 6.42 Å². The lowest BCUT2D eigenvalue weighted by Gasteiger charge is -2.22. The lowest BCUT2D eigenvalue weighted by Crippen LogP contribution is -2.07. The minimum absolute atomic E-state index is 0.0240.